The first-order chi connectivity index (χ1) is 8.92. The molecule has 0 saturated heterocycles. The molecule has 0 aliphatic rings. The Hall–Kier alpha value is -1.58. The van der Waals surface area contributed by atoms with Gasteiger partial charge in [0.2, 0.25) is 5.95 Å². The van der Waals surface area contributed by atoms with Gasteiger partial charge in [0.25, 0.3) is 0 Å². The number of anilines is 2. The predicted octanol–water partition coefficient (Wildman–Crippen LogP) is 3.72. The molecule has 0 aliphatic heterocycles. The first-order valence-electron chi connectivity index (χ1n) is 5.03. The lowest BCUT2D eigenvalue weighted by atomic mass is 10.3. The van der Waals surface area contributed by atoms with Crippen LogP contribution in [0.3, 0.4) is 0 Å². The van der Waals surface area contributed by atoms with Gasteiger partial charge in [0.05, 0.1) is 0 Å². The quantitative estimate of drug-likeness (QED) is 0.824. The molecule has 0 saturated carbocycles. The second-order valence-electron chi connectivity index (χ2n) is 3.42. The van der Waals surface area contributed by atoms with Crippen LogP contribution in [0.15, 0.2) is 36.7 Å². The van der Waals surface area contributed by atoms with Gasteiger partial charge in [0.15, 0.2) is 0 Å². The third kappa shape index (κ3) is 4.54. The van der Waals surface area contributed by atoms with E-state index in [1.807, 2.05) is 0 Å². The van der Waals surface area contributed by atoms with Gasteiger partial charge in [0.1, 0.15) is 5.75 Å². The van der Waals surface area contributed by atoms with E-state index in [9.17, 15) is 13.2 Å². The van der Waals surface area contributed by atoms with Crippen LogP contribution in [0.5, 0.6) is 5.75 Å². The molecule has 1 aromatic heterocycles. The van der Waals surface area contributed by atoms with E-state index in [4.69, 9.17) is 0 Å². The Bertz CT molecular complexity index is 543. The smallest absolute Gasteiger partial charge is 0.406 e. The fourth-order valence-corrected chi connectivity index (χ4v) is 1.52. The third-order valence-electron chi connectivity index (χ3n) is 1.96. The lowest BCUT2D eigenvalue weighted by Gasteiger charge is -2.09. The van der Waals surface area contributed by atoms with Crippen molar-refractivity contribution in [3.05, 3.63) is 40.2 Å². The Kier molecular flexibility index (Phi) is 4.08. The molecule has 0 unspecified atom stereocenters. The molecule has 19 heavy (non-hydrogen) atoms. The number of nitrogens with zero attached hydrogens (tertiary/aromatic N) is 2. The molecule has 0 bridgehead atoms. The van der Waals surface area contributed by atoms with Crippen molar-refractivity contribution in [1.29, 1.82) is 0 Å². The lowest BCUT2D eigenvalue weighted by Crippen LogP contribution is -2.16. The van der Waals surface area contributed by atoms with E-state index in [1.54, 1.807) is 12.4 Å². The Morgan fingerprint density at radius 2 is 1.63 bits per heavy atom. The van der Waals surface area contributed by atoms with Gasteiger partial charge in [-0.25, -0.2) is 9.97 Å². The van der Waals surface area contributed by atoms with Gasteiger partial charge in [-0.05, 0) is 46.9 Å². The highest BCUT2D eigenvalue weighted by Crippen LogP contribution is 2.24. The molecule has 2 rings (SSSR count). The molecule has 8 heteroatoms. The molecule has 0 atom stereocenters. The minimum atomic E-state index is -4.69. The van der Waals surface area contributed by atoms with Crippen molar-refractivity contribution in [3.63, 3.8) is 0 Å². The van der Waals surface area contributed by atoms with Crippen molar-refractivity contribution in [2.45, 2.75) is 6.36 Å². The van der Waals surface area contributed by atoms with Crippen LogP contribution in [0.1, 0.15) is 0 Å². The summed E-state index contributed by atoms with van der Waals surface area (Å²) in [4.78, 5) is 8.03. The van der Waals surface area contributed by atoms with Crippen molar-refractivity contribution >= 4 is 34.2 Å². The molecule has 100 valence electrons. The van der Waals surface area contributed by atoms with Gasteiger partial charge in [-0.2, -0.15) is 0 Å². The van der Waals surface area contributed by atoms with E-state index < -0.39 is 6.36 Å². The normalized spacial score (nSPS) is 11.2. The number of hydrogen-bond acceptors (Lipinski definition) is 4. The van der Waals surface area contributed by atoms with Crippen LogP contribution >= 0.6 is 22.6 Å². The lowest BCUT2D eigenvalue weighted by molar-refractivity contribution is -0.274. The number of rotatable bonds is 3. The highest BCUT2D eigenvalue weighted by Gasteiger charge is 2.30. The van der Waals surface area contributed by atoms with Crippen LogP contribution in [-0.4, -0.2) is 16.3 Å². The summed E-state index contributed by atoms with van der Waals surface area (Å²) in [6, 6.07) is 5.32. The number of aromatic nitrogens is 2. The largest absolute Gasteiger partial charge is 0.573 e. The molecular formula is C11H7F3IN3O. The molecular weight excluding hydrogens is 374 g/mol. The summed E-state index contributed by atoms with van der Waals surface area (Å²) < 4.78 is 40.6. The average Bonchev–Trinajstić information content (AvgIpc) is 2.33. The first-order valence-corrected chi connectivity index (χ1v) is 6.11. The van der Waals surface area contributed by atoms with Crippen LogP contribution < -0.4 is 10.1 Å². The van der Waals surface area contributed by atoms with Crippen molar-refractivity contribution in [2.24, 2.45) is 0 Å². The standard InChI is InChI=1S/C11H7F3IN3O/c12-11(13,14)19-9-3-1-8(2-4-9)18-10-16-5-7(15)6-17-10/h1-6H,(H,16,17,18). The van der Waals surface area contributed by atoms with Gasteiger partial charge >= 0.3 is 6.36 Å². The minimum absolute atomic E-state index is 0.276. The molecule has 0 radical (unpaired) electrons. The maximum absolute atomic E-state index is 12.0. The van der Waals surface area contributed by atoms with Crippen LogP contribution in [0.4, 0.5) is 24.8 Å². The SMILES string of the molecule is FC(F)(F)Oc1ccc(Nc2ncc(I)cn2)cc1. The fourth-order valence-electron chi connectivity index (χ4n) is 1.25. The van der Waals surface area contributed by atoms with Crippen LogP contribution in [-0.2, 0) is 0 Å². The molecule has 0 spiro atoms. The van der Waals surface area contributed by atoms with E-state index in [0.717, 1.165) is 3.57 Å². The number of benzene rings is 1. The second-order valence-corrected chi connectivity index (χ2v) is 4.67. The maximum Gasteiger partial charge on any atom is 0.573 e. The highest BCUT2D eigenvalue weighted by atomic mass is 127. The van der Waals surface area contributed by atoms with Crippen molar-refractivity contribution in [3.8, 4) is 5.75 Å². The summed E-state index contributed by atoms with van der Waals surface area (Å²) in [6.07, 6.45) is -1.44. The van der Waals surface area contributed by atoms with Crippen LogP contribution in [0.25, 0.3) is 0 Å². The van der Waals surface area contributed by atoms with Gasteiger partial charge in [-0.1, -0.05) is 0 Å². The van der Waals surface area contributed by atoms with Gasteiger partial charge in [0, 0.05) is 21.7 Å². The third-order valence-corrected chi connectivity index (χ3v) is 2.52. The van der Waals surface area contributed by atoms with Gasteiger partial charge in [-0.15, -0.1) is 13.2 Å². The number of ether oxygens (including phenoxy) is 1. The Balaban J connectivity index is 2.04. The number of hydrogen-bond donors (Lipinski definition) is 1. The van der Waals surface area contributed by atoms with Crippen molar-refractivity contribution < 1.29 is 17.9 Å². The minimum Gasteiger partial charge on any atom is -0.406 e. The number of nitrogens with one attached hydrogen (secondary N) is 1. The van der Waals surface area contributed by atoms with E-state index in [1.165, 1.54) is 24.3 Å². The van der Waals surface area contributed by atoms with E-state index in [2.05, 4.69) is 42.6 Å². The van der Waals surface area contributed by atoms with Crippen molar-refractivity contribution in [2.75, 3.05) is 5.32 Å². The predicted molar refractivity (Wildman–Crippen MR) is 71.2 cm³/mol. The summed E-state index contributed by atoms with van der Waals surface area (Å²) in [5.41, 5.74) is 0.565. The monoisotopic (exact) mass is 381 g/mol. The molecule has 1 aromatic carbocycles. The van der Waals surface area contributed by atoms with Gasteiger partial charge in [-0.3, -0.25) is 0 Å². The number of alkyl halides is 3. The average molecular weight is 381 g/mol. The molecule has 4 nitrogen and oxygen atoms in total. The van der Waals surface area contributed by atoms with Crippen LogP contribution in [0.2, 0.25) is 0 Å². The maximum atomic E-state index is 12.0. The van der Waals surface area contributed by atoms with Crippen LogP contribution in [0, 0.1) is 3.57 Å². The summed E-state index contributed by atoms with van der Waals surface area (Å²) in [7, 11) is 0. The highest BCUT2D eigenvalue weighted by molar-refractivity contribution is 14.1. The molecule has 2 aromatic rings. The Morgan fingerprint density at radius 3 is 2.16 bits per heavy atom. The summed E-state index contributed by atoms with van der Waals surface area (Å²) >= 11 is 2.07. The number of halogens is 4. The molecule has 0 fully saturated rings. The summed E-state index contributed by atoms with van der Waals surface area (Å²) in [5, 5.41) is 2.86. The molecule has 0 amide bonds. The first kappa shape index (κ1) is 13.8. The second kappa shape index (κ2) is 5.59. The Morgan fingerprint density at radius 1 is 1.05 bits per heavy atom. The molecule has 1 N–H and O–H groups in total. The van der Waals surface area contributed by atoms with E-state index in [-0.39, 0.29) is 5.75 Å². The summed E-state index contributed by atoms with van der Waals surface area (Å²) in [5.74, 6) is 0.0893. The van der Waals surface area contributed by atoms with Gasteiger partial charge < -0.3 is 10.1 Å². The molecule has 1 heterocycles. The zero-order valence-corrected chi connectivity index (χ0v) is 11.4. The van der Waals surface area contributed by atoms with Crippen molar-refractivity contribution in [1.82, 2.24) is 9.97 Å². The van der Waals surface area contributed by atoms with E-state index >= 15 is 0 Å². The van der Waals surface area contributed by atoms with E-state index in [0.29, 0.717) is 11.6 Å². The topological polar surface area (TPSA) is 47.0 Å². The Labute approximate surface area is 120 Å². The molecule has 0 aliphatic carbocycles. The summed E-state index contributed by atoms with van der Waals surface area (Å²) in [6.45, 7) is 0. The zero-order chi connectivity index (χ0) is 13.9. The fraction of sp³-hybridized carbons (Fsp3) is 0.0909. The zero-order valence-electron chi connectivity index (χ0n) is 9.28.